The quantitative estimate of drug-likeness (QED) is 0.233. The lowest BCUT2D eigenvalue weighted by Gasteiger charge is -2.23. The highest BCUT2D eigenvalue weighted by Gasteiger charge is 2.28. The largest absolute Gasteiger partial charge is 0.469 e. The predicted octanol–water partition coefficient (Wildman–Crippen LogP) is 5.47. The van der Waals surface area contributed by atoms with Gasteiger partial charge in [0.25, 0.3) is 0 Å². The van der Waals surface area contributed by atoms with E-state index in [1.807, 2.05) is 68.4 Å². The highest BCUT2D eigenvalue weighted by atomic mass is 16.5. The molecule has 0 aliphatic rings. The zero-order chi connectivity index (χ0) is 30.5. The number of carbonyl (C=O) groups is 4. The number of benzene rings is 3. The van der Waals surface area contributed by atoms with E-state index in [1.54, 1.807) is 24.3 Å². The number of urea groups is 1. The van der Waals surface area contributed by atoms with Crippen LogP contribution in [0.3, 0.4) is 0 Å². The molecule has 0 heterocycles. The number of para-hydroxylation sites is 1. The second-order valence-corrected chi connectivity index (χ2v) is 10.4. The van der Waals surface area contributed by atoms with Crippen LogP contribution in [0.2, 0.25) is 0 Å². The topological polar surface area (TPSA) is 123 Å². The average molecular weight is 574 g/mol. The average Bonchev–Trinajstić information content (AvgIpc) is 2.99. The van der Waals surface area contributed by atoms with Gasteiger partial charge in [0.05, 0.1) is 20.1 Å². The van der Waals surface area contributed by atoms with Gasteiger partial charge in [0, 0.05) is 24.2 Å². The summed E-state index contributed by atoms with van der Waals surface area (Å²) in [5, 5.41) is 8.47. The first-order valence-corrected chi connectivity index (χ1v) is 13.9. The van der Waals surface area contributed by atoms with Crippen molar-refractivity contribution in [1.82, 2.24) is 5.32 Å². The smallest absolute Gasteiger partial charge is 0.328 e. The molecule has 0 aliphatic heterocycles. The molecule has 42 heavy (non-hydrogen) atoms. The molecule has 0 aliphatic carbocycles. The summed E-state index contributed by atoms with van der Waals surface area (Å²) in [5.74, 6) is -1.39. The summed E-state index contributed by atoms with van der Waals surface area (Å²) in [4.78, 5) is 50.0. The summed E-state index contributed by atoms with van der Waals surface area (Å²) in [6.45, 7) is 4.06. The van der Waals surface area contributed by atoms with Crippen molar-refractivity contribution in [2.45, 2.75) is 51.5 Å². The van der Waals surface area contributed by atoms with E-state index in [1.165, 1.54) is 14.2 Å². The van der Waals surface area contributed by atoms with Gasteiger partial charge in [-0.2, -0.15) is 0 Å². The monoisotopic (exact) mass is 573 g/mol. The van der Waals surface area contributed by atoms with Crippen molar-refractivity contribution in [2.24, 2.45) is 5.92 Å². The van der Waals surface area contributed by atoms with Crippen molar-refractivity contribution in [2.75, 3.05) is 24.9 Å². The van der Waals surface area contributed by atoms with Gasteiger partial charge in [0.15, 0.2) is 0 Å². The summed E-state index contributed by atoms with van der Waals surface area (Å²) in [5.41, 5.74) is 3.84. The van der Waals surface area contributed by atoms with Crippen molar-refractivity contribution in [3.05, 3.63) is 95.6 Å². The van der Waals surface area contributed by atoms with E-state index in [2.05, 4.69) is 16.0 Å². The van der Waals surface area contributed by atoms with Crippen LogP contribution in [0.5, 0.6) is 0 Å². The van der Waals surface area contributed by atoms with Crippen molar-refractivity contribution in [3.63, 3.8) is 0 Å². The lowest BCUT2D eigenvalue weighted by Crippen LogP contribution is -2.45. The van der Waals surface area contributed by atoms with Crippen molar-refractivity contribution in [3.8, 4) is 0 Å². The second-order valence-electron chi connectivity index (χ2n) is 10.4. The van der Waals surface area contributed by atoms with Crippen LogP contribution in [0.15, 0.2) is 78.9 Å². The molecule has 0 spiro atoms. The molecule has 0 bridgehead atoms. The fourth-order valence-electron chi connectivity index (χ4n) is 4.51. The van der Waals surface area contributed by atoms with E-state index in [9.17, 15) is 19.2 Å². The normalized spacial score (nSPS) is 12.1. The standard InChI is InChI=1S/C33H39N3O6/c1-22(2)20-28(25-15-17-27(18-16-25)35-33(40)34-26-8-6-5-7-9-26)31(38)36-29(32(39)42-4)21-24-12-10-23(11-13-24)14-19-30(37)41-3/h5-13,15-18,22,28-29H,14,19-21H2,1-4H3,(H,36,38)(H2,34,35,40)/t28?,29-/m0/s1. The van der Waals surface area contributed by atoms with E-state index in [4.69, 9.17) is 9.47 Å². The zero-order valence-corrected chi connectivity index (χ0v) is 24.5. The molecule has 0 radical (unpaired) electrons. The summed E-state index contributed by atoms with van der Waals surface area (Å²) in [6.07, 6.45) is 1.65. The van der Waals surface area contributed by atoms with Crippen LogP contribution < -0.4 is 16.0 Å². The van der Waals surface area contributed by atoms with Gasteiger partial charge < -0.3 is 25.4 Å². The molecule has 0 aromatic heterocycles. The summed E-state index contributed by atoms with van der Waals surface area (Å²) in [7, 11) is 2.65. The first-order valence-electron chi connectivity index (χ1n) is 13.9. The maximum absolute atomic E-state index is 13.6. The maximum Gasteiger partial charge on any atom is 0.328 e. The van der Waals surface area contributed by atoms with Crippen molar-refractivity contribution in [1.29, 1.82) is 0 Å². The Hall–Kier alpha value is -4.66. The van der Waals surface area contributed by atoms with Gasteiger partial charge in [-0.1, -0.05) is 68.4 Å². The summed E-state index contributed by atoms with van der Waals surface area (Å²) >= 11 is 0. The van der Waals surface area contributed by atoms with E-state index in [-0.39, 0.29) is 36.7 Å². The molecule has 0 saturated heterocycles. The van der Waals surface area contributed by atoms with Gasteiger partial charge in [-0.15, -0.1) is 0 Å². The van der Waals surface area contributed by atoms with Crippen molar-refractivity contribution < 1.29 is 28.7 Å². The molecule has 9 nitrogen and oxygen atoms in total. The number of rotatable bonds is 13. The molecule has 0 fully saturated rings. The van der Waals surface area contributed by atoms with E-state index < -0.39 is 17.9 Å². The minimum atomic E-state index is -0.874. The Morgan fingerprint density at radius 3 is 1.90 bits per heavy atom. The zero-order valence-electron chi connectivity index (χ0n) is 24.5. The molecule has 222 valence electrons. The second kappa shape index (κ2) is 16.0. The number of methoxy groups -OCH3 is 2. The molecule has 3 aromatic rings. The van der Waals surface area contributed by atoms with Crippen molar-refractivity contribution >= 4 is 35.3 Å². The fraction of sp³-hybridized carbons (Fsp3) is 0.333. The van der Waals surface area contributed by atoms with Crippen LogP contribution in [0.1, 0.15) is 49.3 Å². The molecule has 1 unspecified atom stereocenters. The van der Waals surface area contributed by atoms with Gasteiger partial charge in [-0.05, 0) is 59.7 Å². The third-order valence-electron chi connectivity index (χ3n) is 6.74. The molecule has 0 saturated carbocycles. The van der Waals surface area contributed by atoms with Gasteiger partial charge in [0.2, 0.25) is 5.91 Å². The number of esters is 2. The first kappa shape index (κ1) is 31.9. The number of anilines is 2. The molecule has 3 N–H and O–H groups in total. The lowest BCUT2D eigenvalue weighted by molar-refractivity contribution is -0.145. The Morgan fingerprint density at radius 2 is 1.33 bits per heavy atom. The number of aryl methyl sites for hydroxylation is 1. The van der Waals surface area contributed by atoms with Crippen LogP contribution in [0, 0.1) is 5.92 Å². The third-order valence-corrected chi connectivity index (χ3v) is 6.74. The number of hydrogen-bond donors (Lipinski definition) is 3. The van der Waals surface area contributed by atoms with Gasteiger partial charge in [-0.25, -0.2) is 9.59 Å². The molecular weight excluding hydrogens is 534 g/mol. The SMILES string of the molecule is COC(=O)CCc1ccc(C[C@H](NC(=O)C(CC(C)C)c2ccc(NC(=O)Nc3ccccc3)cc2)C(=O)OC)cc1. The Labute approximate surface area is 247 Å². The van der Waals surface area contributed by atoms with E-state index in [0.29, 0.717) is 24.2 Å². The maximum atomic E-state index is 13.6. The van der Waals surface area contributed by atoms with Crippen LogP contribution in [0.4, 0.5) is 16.2 Å². The van der Waals surface area contributed by atoms with Gasteiger partial charge >= 0.3 is 18.0 Å². The van der Waals surface area contributed by atoms with Crippen LogP contribution in [0.25, 0.3) is 0 Å². The number of nitrogens with one attached hydrogen (secondary N) is 3. The summed E-state index contributed by atoms with van der Waals surface area (Å²) in [6, 6.07) is 22.5. The van der Waals surface area contributed by atoms with Crippen LogP contribution in [-0.2, 0) is 36.7 Å². The van der Waals surface area contributed by atoms with E-state index >= 15 is 0 Å². The van der Waals surface area contributed by atoms with Crippen LogP contribution >= 0.6 is 0 Å². The molecule has 3 rings (SSSR count). The molecule has 3 amide bonds. The minimum Gasteiger partial charge on any atom is -0.469 e. The Morgan fingerprint density at radius 1 is 0.738 bits per heavy atom. The number of ether oxygens (including phenoxy) is 2. The van der Waals surface area contributed by atoms with E-state index in [0.717, 1.165) is 16.7 Å². The minimum absolute atomic E-state index is 0.212. The Bertz CT molecular complexity index is 1320. The Kier molecular flexibility index (Phi) is 12.1. The Balaban J connectivity index is 1.68. The number of amides is 3. The molecule has 3 aromatic carbocycles. The number of hydrogen-bond acceptors (Lipinski definition) is 6. The van der Waals surface area contributed by atoms with Gasteiger partial charge in [-0.3, -0.25) is 9.59 Å². The summed E-state index contributed by atoms with van der Waals surface area (Å²) < 4.78 is 9.69. The number of carbonyl (C=O) groups excluding carboxylic acids is 4. The predicted molar refractivity (Wildman–Crippen MR) is 162 cm³/mol. The van der Waals surface area contributed by atoms with Crippen LogP contribution in [-0.4, -0.2) is 44.1 Å². The molecule has 9 heteroatoms. The molecular formula is C33H39N3O6. The first-order chi connectivity index (χ1) is 20.2. The third kappa shape index (κ3) is 10.1. The molecule has 2 atom stereocenters. The van der Waals surface area contributed by atoms with Gasteiger partial charge in [0.1, 0.15) is 6.04 Å². The fourth-order valence-corrected chi connectivity index (χ4v) is 4.51. The highest BCUT2D eigenvalue weighted by molar-refractivity contribution is 5.99. The lowest BCUT2D eigenvalue weighted by atomic mass is 9.89. The highest BCUT2D eigenvalue weighted by Crippen LogP contribution is 2.26.